The molecule has 2 rings (SSSR count). The van der Waals surface area contributed by atoms with Crippen molar-refractivity contribution in [1.29, 1.82) is 0 Å². The molecule has 2 atom stereocenters. The summed E-state index contributed by atoms with van der Waals surface area (Å²) in [5.41, 5.74) is -5.09. The monoisotopic (exact) mass is 295 g/mol. The number of carbonyl (C=O) groups is 2. The second kappa shape index (κ2) is 3.79. The van der Waals surface area contributed by atoms with Crippen molar-refractivity contribution in [3.8, 4) is 0 Å². The molecule has 0 radical (unpaired) electrons. The molecular weight excluding hydrogens is 279 g/mol. The minimum absolute atomic E-state index is 0.462. The van der Waals surface area contributed by atoms with Crippen LogP contribution in [0.2, 0.25) is 0 Å². The van der Waals surface area contributed by atoms with E-state index in [0.29, 0.717) is 0 Å². The van der Waals surface area contributed by atoms with Crippen molar-refractivity contribution in [3.05, 3.63) is 0 Å². The summed E-state index contributed by atoms with van der Waals surface area (Å²) in [4.78, 5) is 23.8. The number of hydrogen-bond acceptors (Lipinski definition) is 3. The second-order valence-corrected chi connectivity index (χ2v) is 6.48. The molecule has 0 unspecified atom stereocenters. The lowest BCUT2D eigenvalue weighted by Gasteiger charge is -2.26. The number of carboxylic acids is 1. The zero-order valence-electron chi connectivity index (χ0n) is 11.4. The topological polar surface area (TPSA) is 66.8 Å². The van der Waals surface area contributed by atoms with Crippen LogP contribution in [0, 0.1) is 10.8 Å². The van der Waals surface area contributed by atoms with Crippen molar-refractivity contribution in [2.75, 3.05) is 13.1 Å². The number of piperidine rings is 1. The summed E-state index contributed by atoms with van der Waals surface area (Å²) in [7, 11) is 0. The summed E-state index contributed by atoms with van der Waals surface area (Å²) < 4.78 is 44.4. The zero-order valence-corrected chi connectivity index (χ0v) is 11.4. The van der Waals surface area contributed by atoms with Crippen LogP contribution in [0.25, 0.3) is 0 Å². The average Bonchev–Trinajstić information content (AvgIpc) is 2.75. The molecule has 0 aromatic rings. The van der Waals surface area contributed by atoms with E-state index in [2.05, 4.69) is 0 Å². The van der Waals surface area contributed by atoms with E-state index in [4.69, 9.17) is 9.84 Å². The number of aliphatic carboxylic acids is 1. The van der Waals surface area contributed by atoms with Gasteiger partial charge in [-0.15, -0.1) is 0 Å². The Kier molecular flexibility index (Phi) is 2.83. The van der Waals surface area contributed by atoms with Crippen LogP contribution < -0.4 is 0 Å². The highest BCUT2D eigenvalue weighted by Gasteiger charge is 2.87. The molecule has 8 heteroatoms. The van der Waals surface area contributed by atoms with Crippen molar-refractivity contribution in [2.24, 2.45) is 10.8 Å². The van der Waals surface area contributed by atoms with Crippen molar-refractivity contribution in [2.45, 2.75) is 39.0 Å². The van der Waals surface area contributed by atoms with E-state index in [1.165, 1.54) is 0 Å². The fourth-order valence-electron chi connectivity index (χ4n) is 2.86. The van der Waals surface area contributed by atoms with Gasteiger partial charge >= 0.3 is 18.2 Å². The number of rotatable bonds is 1. The van der Waals surface area contributed by atoms with Gasteiger partial charge in [0.25, 0.3) is 0 Å². The predicted molar refractivity (Wildman–Crippen MR) is 61.0 cm³/mol. The number of halogens is 3. The number of likely N-dealkylation sites (tertiary alicyclic amines) is 1. The fourth-order valence-corrected chi connectivity index (χ4v) is 2.86. The van der Waals surface area contributed by atoms with Gasteiger partial charge in [-0.05, 0) is 27.2 Å². The van der Waals surface area contributed by atoms with Gasteiger partial charge in [0.1, 0.15) is 16.4 Å². The lowest BCUT2D eigenvalue weighted by molar-refractivity contribution is -0.196. The Bertz CT molecular complexity index is 470. The van der Waals surface area contributed by atoms with Crippen molar-refractivity contribution < 1.29 is 32.6 Å². The number of nitrogens with zero attached hydrogens (tertiary/aromatic N) is 1. The minimum atomic E-state index is -4.65. The molecule has 20 heavy (non-hydrogen) atoms. The average molecular weight is 295 g/mol. The van der Waals surface area contributed by atoms with Gasteiger partial charge in [0.2, 0.25) is 0 Å². The molecular formula is C12H16F3NO4. The Hall–Kier alpha value is -1.47. The summed E-state index contributed by atoms with van der Waals surface area (Å²) >= 11 is 0. The van der Waals surface area contributed by atoms with Gasteiger partial charge in [-0.3, -0.25) is 4.79 Å². The van der Waals surface area contributed by atoms with E-state index < -0.39 is 54.2 Å². The molecule has 114 valence electrons. The van der Waals surface area contributed by atoms with Crippen molar-refractivity contribution in [1.82, 2.24) is 4.90 Å². The standard InChI is InChI=1S/C12H16F3NO4/c1-9(2,3)20-8(19)16-5-10(7(17)18)4-11(10,6-16)12(13,14)15/h4-6H2,1-3H3,(H,17,18)/t10-,11+/m1/s1. The van der Waals surface area contributed by atoms with Gasteiger partial charge < -0.3 is 14.7 Å². The molecule has 2 fully saturated rings. The Morgan fingerprint density at radius 3 is 2.10 bits per heavy atom. The number of carboxylic acid groups (broad SMARTS) is 1. The first-order valence-electron chi connectivity index (χ1n) is 6.13. The van der Waals surface area contributed by atoms with Gasteiger partial charge in [-0.1, -0.05) is 0 Å². The second-order valence-electron chi connectivity index (χ2n) is 6.48. The molecule has 0 spiro atoms. The fraction of sp³-hybridized carbons (Fsp3) is 0.833. The van der Waals surface area contributed by atoms with E-state index in [0.717, 1.165) is 4.90 Å². The SMILES string of the molecule is CC(C)(C)OC(=O)N1C[C@@]2(C(=O)O)C[C@]2(C(F)(F)F)C1. The third-order valence-corrected chi connectivity index (χ3v) is 3.92. The van der Waals surface area contributed by atoms with Crippen LogP contribution in [0.4, 0.5) is 18.0 Å². The largest absolute Gasteiger partial charge is 0.481 e. The molecule has 1 aliphatic heterocycles. The molecule has 2 aliphatic rings. The van der Waals surface area contributed by atoms with Gasteiger partial charge in [-0.2, -0.15) is 13.2 Å². The Labute approximate surface area is 113 Å². The highest BCUT2D eigenvalue weighted by atomic mass is 19.4. The van der Waals surface area contributed by atoms with Crippen molar-refractivity contribution in [3.63, 3.8) is 0 Å². The maximum Gasteiger partial charge on any atom is 0.410 e. The Morgan fingerprint density at radius 1 is 1.20 bits per heavy atom. The summed E-state index contributed by atoms with van der Waals surface area (Å²) in [6, 6.07) is 0. The zero-order chi connectivity index (χ0) is 15.6. The van der Waals surface area contributed by atoms with Gasteiger partial charge in [-0.25, -0.2) is 4.79 Å². The maximum atomic E-state index is 13.1. The molecule has 1 heterocycles. The van der Waals surface area contributed by atoms with Gasteiger partial charge in [0.15, 0.2) is 0 Å². The van der Waals surface area contributed by atoms with Crippen LogP contribution in [0.5, 0.6) is 0 Å². The smallest absolute Gasteiger partial charge is 0.410 e. The molecule has 5 nitrogen and oxygen atoms in total. The molecule has 1 aliphatic carbocycles. The van der Waals surface area contributed by atoms with Crippen LogP contribution >= 0.6 is 0 Å². The van der Waals surface area contributed by atoms with E-state index in [1.54, 1.807) is 20.8 Å². The van der Waals surface area contributed by atoms with Crippen LogP contribution in [0.15, 0.2) is 0 Å². The van der Waals surface area contributed by atoms with Crippen LogP contribution in [0.3, 0.4) is 0 Å². The maximum absolute atomic E-state index is 13.1. The Morgan fingerprint density at radius 2 is 1.75 bits per heavy atom. The van der Waals surface area contributed by atoms with Crippen LogP contribution in [0.1, 0.15) is 27.2 Å². The number of amides is 1. The summed E-state index contributed by atoms with van der Waals surface area (Å²) in [5, 5.41) is 9.10. The first-order valence-corrected chi connectivity index (χ1v) is 6.13. The molecule has 0 bridgehead atoms. The molecule has 0 aromatic carbocycles. The van der Waals surface area contributed by atoms with E-state index in [-0.39, 0.29) is 0 Å². The lowest BCUT2D eigenvalue weighted by Crippen LogP contribution is -2.39. The van der Waals surface area contributed by atoms with Gasteiger partial charge in [0, 0.05) is 13.1 Å². The number of alkyl halides is 3. The number of hydrogen-bond donors (Lipinski definition) is 1. The molecule has 0 aromatic heterocycles. The molecule has 1 saturated heterocycles. The minimum Gasteiger partial charge on any atom is -0.481 e. The molecule has 1 N–H and O–H groups in total. The third-order valence-electron chi connectivity index (χ3n) is 3.92. The van der Waals surface area contributed by atoms with Gasteiger partial charge in [0.05, 0.1) is 0 Å². The normalized spacial score (nSPS) is 32.8. The molecule has 1 saturated carbocycles. The first-order chi connectivity index (χ1) is 8.85. The first kappa shape index (κ1) is 14.9. The Balaban J connectivity index is 2.21. The number of fused-ring (bicyclic) bond motifs is 1. The summed E-state index contributed by atoms with van der Waals surface area (Å²) in [5.74, 6) is -1.51. The van der Waals surface area contributed by atoms with Crippen molar-refractivity contribution >= 4 is 12.1 Å². The van der Waals surface area contributed by atoms with Crippen LogP contribution in [-0.2, 0) is 9.53 Å². The van der Waals surface area contributed by atoms with E-state index in [9.17, 15) is 22.8 Å². The quantitative estimate of drug-likeness (QED) is 0.805. The van der Waals surface area contributed by atoms with E-state index in [1.807, 2.05) is 0 Å². The summed E-state index contributed by atoms with van der Waals surface area (Å²) in [6.45, 7) is 3.66. The predicted octanol–water partition coefficient (Wildman–Crippen LogP) is 2.26. The highest BCUT2D eigenvalue weighted by molar-refractivity contribution is 5.84. The van der Waals surface area contributed by atoms with E-state index >= 15 is 0 Å². The summed E-state index contributed by atoms with van der Waals surface area (Å²) in [6.07, 6.45) is -6.03. The highest BCUT2D eigenvalue weighted by Crippen LogP contribution is 2.74. The van der Waals surface area contributed by atoms with Crippen LogP contribution in [-0.4, -0.2) is 46.9 Å². The lowest BCUT2D eigenvalue weighted by atomic mass is 9.96. The number of ether oxygens (including phenoxy) is 1. The molecule has 1 amide bonds. The number of carbonyl (C=O) groups excluding carboxylic acids is 1. The third kappa shape index (κ3) is 1.92.